The number of hydrogen-bond acceptors (Lipinski definition) is 6. The Hall–Kier alpha value is -1.22. The van der Waals surface area contributed by atoms with Crippen LogP contribution in [0.4, 0.5) is 0 Å². The lowest BCUT2D eigenvalue weighted by atomic mass is 10.6. The summed E-state index contributed by atoms with van der Waals surface area (Å²) in [7, 11) is 7.71. The van der Waals surface area contributed by atoms with Crippen LogP contribution >= 0.6 is 0 Å². The van der Waals surface area contributed by atoms with Crippen LogP contribution in [0.1, 0.15) is 0 Å². The molecule has 0 aliphatic rings. The molecule has 4 N–H and O–H groups in total. The van der Waals surface area contributed by atoms with Gasteiger partial charge < -0.3 is 30.2 Å². The number of rotatable bonds is 4. The third kappa shape index (κ3) is 36.4. The predicted molar refractivity (Wildman–Crippen MR) is 66.6 cm³/mol. The van der Waals surface area contributed by atoms with Crippen molar-refractivity contribution in [2.45, 2.75) is 0 Å². The van der Waals surface area contributed by atoms with Crippen LogP contribution in [0.5, 0.6) is 0 Å². The second-order valence-corrected chi connectivity index (χ2v) is 3.66. The zero-order valence-electron chi connectivity index (χ0n) is 11.3. The molecule has 18 heavy (non-hydrogen) atoms. The van der Waals surface area contributed by atoms with Gasteiger partial charge >= 0.3 is 11.9 Å². The van der Waals surface area contributed by atoms with E-state index in [0.717, 1.165) is 13.1 Å². The first kappa shape index (κ1) is 22.0. The van der Waals surface area contributed by atoms with E-state index in [0.29, 0.717) is 0 Å². The van der Waals surface area contributed by atoms with Crippen LogP contribution in [0.3, 0.4) is 0 Å². The lowest BCUT2D eigenvalue weighted by Gasteiger charge is -2.03. The van der Waals surface area contributed by atoms with Crippen molar-refractivity contribution in [1.29, 1.82) is 0 Å². The summed E-state index contributed by atoms with van der Waals surface area (Å²) in [5, 5.41) is 31.2. The molecule has 0 saturated heterocycles. The molecule has 0 aliphatic carbocycles. The van der Waals surface area contributed by atoms with Gasteiger partial charge in [-0.3, -0.25) is 0 Å². The topological polar surface area (TPSA) is 122 Å². The molecule has 0 aliphatic heterocycles. The molecule has 8 heteroatoms. The van der Waals surface area contributed by atoms with Crippen molar-refractivity contribution in [2.75, 3.05) is 54.5 Å². The van der Waals surface area contributed by atoms with Gasteiger partial charge in [-0.1, -0.05) is 0 Å². The van der Waals surface area contributed by atoms with Crippen molar-refractivity contribution in [3.63, 3.8) is 0 Å². The van der Waals surface area contributed by atoms with Crippen molar-refractivity contribution in [2.24, 2.45) is 0 Å². The smallest absolute Gasteiger partial charge is 0.414 e. The van der Waals surface area contributed by atoms with E-state index in [2.05, 4.69) is 0 Å². The van der Waals surface area contributed by atoms with Crippen molar-refractivity contribution in [1.82, 2.24) is 9.80 Å². The molecule has 0 fully saturated rings. The van der Waals surface area contributed by atoms with E-state index in [1.54, 1.807) is 0 Å². The Morgan fingerprint density at radius 1 is 0.778 bits per heavy atom. The number of nitrogens with zero attached hydrogens (tertiary/aromatic N) is 2. The van der Waals surface area contributed by atoms with E-state index in [1.165, 1.54) is 0 Å². The van der Waals surface area contributed by atoms with E-state index in [-0.39, 0.29) is 13.2 Å². The molecule has 0 heterocycles. The monoisotopic (exact) mass is 268 g/mol. The van der Waals surface area contributed by atoms with Gasteiger partial charge in [-0.2, -0.15) is 0 Å². The summed E-state index contributed by atoms with van der Waals surface area (Å²) < 4.78 is 0. The molecule has 0 unspecified atom stereocenters. The molecule has 0 rings (SSSR count). The molecule has 0 atom stereocenters. The summed E-state index contributed by atoms with van der Waals surface area (Å²) in [6.07, 6.45) is 0. The highest BCUT2D eigenvalue weighted by Gasteiger charge is 2.04. The van der Waals surface area contributed by atoms with Crippen LogP contribution in [0, 0.1) is 0 Å². The molecule has 0 bridgehead atoms. The van der Waals surface area contributed by atoms with E-state index in [4.69, 9.17) is 30.0 Å². The zero-order valence-corrected chi connectivity index (χ0v) is 11.3. The Kier molecular flexibility index (Phi) is 19.3. The maximum absolute atomic E-state index is 9.10. The Morgan fingerprint density at radius 3 is 1.00 bits per heavy atom. The molecule has 8 nitrogen and oxygen atoms in total. The maximum Gasteiger partial charge on any atom is 0.414 e. The molecule has 0 aromatic heterocycles. The highest BCUT2D eigenvalue weighted by atomic mass is 16.4. The largest absolute Gasteiger partial charge is 0.473 e. The first-order valence-corrected chi connectivity index (χ1v) is 5.16. The van der Waals surface area contributed by atoms with Gasteiger partial charge in [-0.15, -0.1) is 0 Å². The van der Waals surface area contributed by atoms with Gasteiger partial charge in [0.2, 0.25) is 0 Å². The summed E-state index contributed by atoms with van der Waals surface area (Å²) in [6, 6.07) is 0. The fourth-order valence-corrected chi connectivity index (χ4v) is 0.400. The van der Waals surface area contributed by atoms with E-state index in [1.807, 2.05) is 38.0 Å². The van der Waals surface area contributed by atoms with Gasteiger partial charge in [0.05, 0.1) is 13.2 Å². The molecular formula is C10H24N2O6. The molecule has 0 radical (unpaired) electrons. The number of hydrogen-bond donors (Lipinski definition) is 4. The highest BCUT2D eigenvalue weighted by molar-refractivity contribution is 6.27. The van der Waals surface area contributed by atoms with E-state index in [9.17, 15) is 0 Å². The predicted octanol–water partition coefficient (Wildman–Crippen LogP) is -1.76. The number of carboxylic acids is 2. The number of aliphatic carboxylic acids is 2. The fourth-order valence-electron chi connectivity index (χ4n) is 0.400. The van der Waals surface area contributed by atoms with Crippen molar-refractivity contribution >= 4 is 11.9 Å². The molecule has 0 amide bonds. The molecular weight excluding hydrogens is 244 g/mol. The summed E-state index contributed by atoms with van der Waals surface area (Å²) in [5.74, 6) is -3.65. The first-order chi connectivity index (χ1) is 8.18. The maximum atomic E-state index is 9.10. The van der Waals surface area contributed by atoms with Crippen LogP contribution in [0.25, 0.3) is 0 Å². The minimum atomic E-state index is -1.82. The number of likely N-dealkylation sites (N-methyl/N-ethyl adjacent to an activating group) is 2. The molecule has 0 aromatic rings. The van der Waals surface area contributed by atoms with Crippen LogP contribution in [0.2, 0.25) is 0 Å². The number of carboxylic acid groups (broad SMARTS) is 2. The highest BCUT2D eigenvalue weighted by Crippen LogP contribution is 1.66. The molecule has 0 aromatic carbocycles. The van der Waals surface area contributed by atoms with Crippen LogP contribution in [0.15, 0.2) is 0 Å². The summed E-state index contributed by atoms with van der Waals surface area (Å²) in [6.45, 7) is 2.04. The van der Waals surface area contributed by atoms with Gasteiger partial charge in [0.1, 0.15) is 0 Å². The van der Waals surface area contributed by atoms with Crippen LogP contribution in [-0.2, 0) is 9.59 Å². The lowest BCUT2D eigenvalue weighted by Crippen LogP contribution is -2.15. The SMILES string of the molecule is CN(C)CCO.CN(C)CCO.O=C(O)C(=O)O. The number of carbonyl (C=O) groups is 2. The third-order valence-corrected chi connectivity index (χ3v) is 1.28. The average Bonchev–Trinajstić information content (AvgIpc) is 2.18. The average molecular weight is 268 g/mol. The molecule has 110 valence electrons. The van der Waals surface area contributed by atoms with Gasteiger partial charge in [0, 0.05) is 13.1 Å². The lowest BCUT2D eigenvalue weighted by molar-refractivity contribution is -0.159. The minimum absolute atomic E-state index is 0.257. The molecule has 0 saturated carbocycles. The van der Waals surface area contributed by atoms with Gasteiger partial charge in [-0.05, 0) is 28.2 Å². The third-order valence-electron chi connectivity index (χ3n) is 1.28. The van der Waals surface area contributed by atoms with Gasteiger partial charge in [-0.25, -0.2) is 9.59 Å². The Labute approximate surface area is 107 Å². The van der Waals surface area contributed by atoms with Gasteiger partial charge in [0.15, 0.2) is 0 Å². The minimum Gasteiger partial charge on any atom is -0.473 e. The van der Waals surface area contributed by atoms with Crippen LogP contribution < -0.4 is 0 Å². The summed E-state index contributed by atoms with van der Waals surface area (Å²) in [4.78, 5) is 22.1. The van der Waals surface area contributed by atoms with Crippen molar-refractivity contribution < 1.29 is 30.0 Å². The Morgan fingerprint density at radius 2 is 1.00 bits per heavy atom. The Balaban J connectivity index is -0.000000187. The second kappa shape index (κ2) is 15.8. The van der Waals surface area contributed by atoms with E-state index >= 15 is 0 Å². The van der Waals surface area contributed by atoms with E-state index < -0.39 is 11.9 Å². The first-order valence-electron chi connectivity index (χ1n) is 5.16. The Bertz CT molecular complexity index is 187. The molecule has 0 spiro atoms. The van der Waals surface area contributed by atoms with Crippen molar-refractivity contribution in [3.8, 4) is 0 Å². The standard InChI is InChI=1S/2C4H11NO.C2H2O4/c2*1-5(2)3-4-6;3-1(4)2(5)6/h2*6H,3-4H2,1-2H3;(H,3,4)(H,5,6). The number of aliphatic hydroxyl groups excluding tert-OH is 2. The summed E-state index contributed by atoms with van der Waals surface area (Å²) in [5.41, 5.74) is 0. The second-order valence-electron chi connectivity index (χ2n) is 3.66. The zero-order chi connectivity index (χ0) is 15.1. The number of aliphatic hydroxyl groups is 2. The van der Waals surface area contributed by atoms with Crippen molar-refractivity contribution in [3.05, 3.63) is 0 Å². The van der Waals surface area contributed by atoms with Gasteiger partial charge in [0.25, 0.3) is 0 Å². The van der Waals surface area contributed by atoms with Crippen LogP contribution in [-0.4, -0.2) is 96.7 Å². The summed E-state index contributed by atoms with van der Waals surface area (Å²) >= 11 is 0. The quantitative estimate of drug-likeness (QED) is 0.442. The normalized spacial score (nSPS) is 9.11. The fraction of sp³-hybridized carbons (Fsp3) is 0.800.